The normalized spacial score (nSPS) is 15.3. The van der Waals surface area contributed by atoms with E-state index in [0.29, 0.717) is 17.5 Å². The Kier molecular flexibility index (Phi) is 3.10. The van der Waals surface area contributed by atoms with Crippen molar-refractivity contribution in [3.05, 3.63) is 23.4 Å². The van der Waals surface area contributed by atoms with Crippen molar-refractivity contribution < 1.29 is 4.79 Å². The minimum Gasteiger partial charge on any atom is -0.298 e. The largest absolute Gasteiger partial charge is 0.298 e. The van der Waals surface area contributed by atoms with Crippen LogP contribution in [0.25, 0.3) is 0 Å². The van der Waals surface area contributed by atoms with Crippen LogP contribution in [-0.4, -0.2) is 16.5 Å². The van der Waals surface area contributed by atoms with Gasteiger partial charge in [-0.05, 0) is 44.4 Å². The van der Waals surface area contributed by atoms with E-state index in [2.05, 4.69) is 11.9 Å². The Hall–Kier alpha value is -0.830. The number of carbonyl (C=O) groups is 1. The molecule has 1 aliphatic rings. The van der Waals surface area contributed by atoms with Crippen molar-refractivity contribution >= 4 is 17.5 Å². The van der Waals surface area contributed by atoms with Gasteiger partial charge in [0.05, 0.1) is 10.8 Å². The number of aryl methyl sites for hydroxylation is 2. The molecule has 1 saturated carbocycles. The maximum atomic E-state index is 11.5. The summed E-state index contributed by atoms with van der Waals surface area (Å²) >= 11 is 1.56. The molecule has 15 heavy (non-hydrogen) atoms. The standard InChI is InChI=1S/C12H15NOS/c1-8-5-9(2)13-12(6-8)15-7-11(14)10-3-4-10/h5-6,10H,3-4,7H2,1-2H3. The molecular weight excluding hydrogens is 206 g/mol. The van der Waals surface area contributed by atoms with Crippen molar-refractivity contribution in [3.63, 3.8) is 0 Å². The molecule has 3 heteroatoms. The van der Waals surface area contributed by atoms with Gasteiger partial charge in [-0.15, -0.1) is 0 Å². The first kappa shape index (κ1) is 10.7. The fourth-order valence-electron chi connectivity index (χ4n) is 1.55. The van der Waals surface area contributed by atoms with Gasteiger partial charge in [-0.2, -0.15) is 0 Å². The third kappa shape index (κ3) is 3.06. The van der Waals surface area contributed by atoms with Crippen molar-refractivity contribution in [2.24, 2.45) is 5.92 Å². The zero-order valence-electron chi connectivity index (χ0n) is 9.12. The van der Waals surface area contributed by atoms with E-state index in [1.165, 1.54) is 5.56 Å². The molecule has 1 heterocycles. The van der Waals surface area contributed by atoms with Gasteiger partial charge in [-0.3, -0.25) is 4.79 Å². The molecule has 0 bridgehead atoms. The molecule has 0 aromatic carbocycles. The highest BCUT2D eigenvalue weighted by Crippen LogP contribution is 2.31. The van der Waals surface area contributed by atoms with Gasteiger partial charge < -0.3 is 0 Å². The van der Waals surface area contributed by atoms with Crippen LogP contribution in [0.4, 0.5) is 0 Å². The van der Waals surface area contributed by atoms with Crippen molar-refractivity contribution in [2.75, 3.05) is 5.75 Å². The molecule has 1 fully saturated rings. The van der Waals surface area contributed by atoms with Crippen LogP contribution < -0.4 is 0 Å². The summed E-state index contributed by atoms with van der Waals surface area (Å²) in [5, 5.41) is 0.974. The zero-order chi connectivity index (χ0) is 10.8. The van der Waals surface area contributed by atoms with Crippen LogP contribution in [-0.2, 0) is 4.79 Å². The molecule has 1 aliphatic carbocycles. The van der Waals surface area contributed by atoms with Crippen molar-refractivity contribution in [1.29, 1.82) is 0 Å². The first-order chi connectivity index (χ1) is 7.15. The Labute approximate surface area is 94.5 Å². The summed E-state index contributed by atoms with van der Waals surface area (Å²) in [6.07, 6.45) is 2.19. The molecule has 80 valence electrons. The van der Waals surface area contributed by atoms with E-state index in [1.807, 2.05) is 19.1 Å². The van der Waals surface area contributed by atoms with Crippen LogP contribution in [0.2, 0.25) is 0 Å². The fourth-order valence-corrected chi connectivity index (χ4v) is 2.55. The minimum atomic E-state index is 0.364. The average molecular weight is 221 g/mol. The number of ketones is 1. The van der Waals surface area contributed by atoms with E-state index in [9.17, 15) is 4.79 Å². The van der Waals surface area contributed by atoms with Crippen LogP contribution in [0.3, 0.4) is 0 Å². The number of Topliss-reactive ketones (excluding diaryl/α,β-unsaturated/α-hetero) is 1. The Balaban J connectivity index is 1.94. The number of pyridine rings is 1. The van der Waals surface area contributed by atoms with Gasteiger partial charge in [0.1, 0.15) is 5.78 Å². The summed E-state index contributed by atoms with van der Waals surface area (Å²) in [5.74, 6) is 1.34. The number of nitrogens with zero attached hydrogens (tertiary/aromatic N) is 1. The molecule has 0 atom stereocenters. The molecule has 0 spiro atoms. The predicted octanol–water partition coefficient (Wildman–Crippen LogP) is 2.77. The molecule has 0 radical (unpaired) electrons. The number of rotatable bonds is 4. The van der Waals surface area contributed by atoms with E-state index in [-0.39, 0.29) is 0 Å². The molecule has 0 amide bonds. The Morgan fingerprint density at radius 2 is 2.20 bits per heavy atom. The van der Waals surface area contributed by atoms with Crippen molar-refractivity contribution in [1.82, 2.24) is 4.98 Å². The average Bonchev–Trinajstić information content (AvgIpc) is 2.95. The highest BCUT2D eigenvalue weighted by atomic mass is 32.2. The number of hydrogen-bond donors (Lipinski definition) is 0. The Bertz CT molecular complexity index is 365. The number of aromatic nitrogens is 1. The maximum Gasteiger partial charge on any atom is 0.146 e. The highest BCUT2D eigenvalue weighted by molar-refractivity contribution is 7.99. The second-order valence-electron chi connectivity index (χ2n) is 4.15. The van der Waals surface area contributed by atoms with E-state index in [0.717, 1.165) is 23.6 Å². The molecule has 0 unspecified atom stereocenters. The Morgan fingerprint density at radius 1 is 1.47 bits per heavy atom. The lowest BCUT2D eigenvalue weighted by Gasteiger charge is -2.02. The van der Waals surface area contributed by atoms with E-state index >= 15 is 0 Å². The zero-order valence-corrected chi connectivity index (χ0v) is 9.93. The third-order valence-corrected chi connectivity index (χ3v) is 3.40. The van der Waals surface area contributed by atoms with Gasteiger partial charge >= 0.3 is 0 Å². The van der Waals surface area contributed by atoms with Gasteiger partial charge in [0.25, 0.3) is 0 Å². The van der Waals surface area contributed by atoms with Crippen LogP contribution in [0.5, 0.6) is 0 Å². The first-order valence-corrected chi connectivity index (χ1v) is 6.24. The van der Waals surface area contributed by atoms with Gasteiger partial charge in [-0.25, -0.2) is 4.98 Å². The van der Waals surface area contributed by atoms with Crippen molar-refractivity contribution in [3.8, 4) is 0 Å². The monoisotopic (exact) mass is 221 g/mol. The van der Waals surface area contributed by atoms with Crippen LogP contribution in [0.1, 0.15) is 24.1 Å². The van der Waals surface area contributed by atoms with E-state index in [1.54, 1.807) is 11.8 Å². The fraction of sp³-hybridized carbons (Fsp3) is 0.500. The maximum absolute atomic E-state index is 11.5. The number of carbonyl (C=O) groups excluding carboxylic acids is 1. The van der Waals surface area contributed by atoms with Crippen LogP contribution in [0.15, 0.2) is 17.2 Å². The SMILES string of the molecule is Cc1cc(C)nc(SCC(=O)C2CC2)c1. The molecular formula is C12H15NOS. The van der Waals surface area contributed by atoms with Gasteiger partial charge in [0.2, 0.25) is 0 Å². The van der Waals surface area contributed by atoms with Gasteiger partial charge in [0, 0.05) is 11.6 Å². The topological polar surface area (TPSA) is 30.0 Å². The third-order valence-electron chi connectivity index (χ3n) is 2.47. The first-order valence-electron chi connectivity index (χ1n) is 5.26. The molecule has 2 nitrogen and oxygen atoms in total. The predicted molar refractivity (Wildman–Crippen MR) is 62.2 cm³/mol. The minimum absolute atomic E-state index is 0.364. The highest BCUT2D eigenvalue weighted by Gasteiger charge is 2.29. The Morgan fingerprint density at radius 3 is 2.80 bits per heavy atom. The van der Waals surface area contributed by atoms with Crippen LogP contribution >= 0.6 is 11.8 Å². The summed E-state index contributed by atoms with van der Waals surface area (Å²) in [4.78, 5) is 15.9. The van der Waals surface area contributed by atoms with Gasteiger partial charge in [0.15, 0.2) is 0 Å². The number of hydrogen-bond acceptors (Lipinski definition) is 3. The van der Waals surface area contributed by atoms with Crippen molar-refractivity contribution in [2.45, 2.75) is 31.7 Å². The second kappa shape index (κ2) is 4.35. The summed E-state index contributed by atoms with van der Waals surface area (Å²) < 4.78 is 0. The van der Waals surface area contributed by atoms with Crippen LogP contribution in [0, 0.1) is 19.8 Å². The van der Waals surface area contributed by atoms with E-state index in [4.69, 9.17) is 0 Å². The summed E-state index contributed by atoms with van der Waals surface area (Å²) in [6, 6.07) is 4.09. The number of thioether (sulfide) groups is 1. The lowest BCUT2D eigenvalue weighted by Crippen LogP contribution is -2.03. The molecule has 1 aromatic heterocycles. The molecule has 2 rings (SSSR count). The smallest absolute Gasteiger partial charge is 0.146 e. The summed E-state index contributed by atoms with van der Waals surface area (Å²) in [5.41, 5.74) is 2.24. The second-order valence-corrected chi connectivity index (χ2v) is 5.15. The summed E-state index contributed by atoms with van der Waals surface area (Å²) in [7, 11) is 0. The quantitative estimate of drug-likeness (QED) is 0.732. The lowest BCUT2D eigenvalue weighted by atomic mass is 10.3. The summed E-state index contributed by atoms with van der Waals surface area (Å²) in [6.45, 7) is 4.04. The molecule has 0 saturated heterocycles. The molecule has 0 N–H and O–H groups in total. The molecule has 1 aromatic rings. The van der Waals surface area contributed by atoms with Gasteiger partial charge in [-0.1, -0.05) is 11.8 Å². The molecule has 0 aliphatic heterocycles. The van der Waals surface area contributed by atoms with E-state index < -0.39 is 0 Å². The lowest BCUT2D eigenvalue weighted by molar-refractivity contribution is -0.117.